The summed E-state index contributed by atoms with van der Waals surface area (Å²) in [5.74, 6) is 0.669. The Morgan fingerprint density at radius 2 is 2.07 bits per heavy atom. The largest absolute Gasteiger partial charge is 0.443 e. The Hall–Kier alpha value is -1.01. The van der Waals surface area contributed by atoms with Gasteiger partial charge in [0.15, 0.2) is 0 Å². The Kier molecular flexibility index (Phi) is 3.97. The summed E-state index contributed by atoms with van der Waals surface area (Å²) in [6.07, 6.45) is 3.02. The number of para-hydroxylation sites is 1. The normalized spacial score (nSPS) is 14.4. The van der Waals surface area contributed by atoms with E-state index in [-0.39, 0.29) is 0 Å². The lowest BCUT2D eigenvalue weighted by Gasteiger charge is -2.13. The van der Waals surface area contributed by atoms with Gasteiger partial charge in [0.1, 0.15) is 5.75 Å². The van der Waals surface area contributed by atoms with E-state index in [1.165, 1.54) is 0 Å². The summed E-state index contributed by atoms with van der Waals surface area (Å²) in [6.45, 7) is 5.25. The molecule has 0 fully saturated rings. The summed E-state index contributed by atoms with van der Waals surface area (Å²) in [6, 6.07) is 9.25. The topological polar surface area (TPSA) is 26.3 Å². The quantitative estimate of drug-likeness (QED) is 0.548. The lowest BCUT2D eigenvalue weighted by atomic mass is 10.3. The summed E-state index contributed by atoms with van der Waals surface area (Å²) in [4.78, 5) is 0. The fraction of sp³-hybridized carbons (Fsp3) is 0.273. The fourth-order valence-electron chi connectivity index (χ4n) is 1.08. The van der Waals surface area contributed by atoms with Crippen molar-refractivity contribution in [2.45, 2.75) is 6.42 Å². The van der Waals surface area contributed by atoms with Crippen LogP contribution in [-0.4, -0.2) is 12.8 Å². The average Bonchev–Trinajstić information content (AvgIpc) is 2.16. The highest BCUT2D eigenvalue weighted by atomic mass is 31.2. The Labute approximate surface area is 85.1 Å². The van der Waals surface area contributed by atoms with Gasteiger partial charge in [-0.05, 0) is 18.6 Å². The van der Waals surface area contributed by atoms with Crippen molar-refractivity contribution >= 4 is 7.37 Å². The minimum Gasteiger partial charge on any atom is -0.443 e. The van der Waals surface area contributed by atoms with Crippen LogP contribution in [0.5, 0.6) is 5.75 Å². The van der Waals surface area contributed by atoms with Crippen molar-refractivity contribution in [2.24, 2.45) is 0 Å². The molecule has 0 aromatic heterocycles. The van der Waals surface area contributed by atoms with Crippen LogP contribution in [0.3, 0.4) is 0 Å². The van der Waals surface area contributed by atoms with Gasteiger partial charge in [0, 0.05) is 12.8 Å². The van der Waals surface area contributed by atoms with Gasteiger partial charge in [-0.2, -0.15) is 0 Å². The Bertz CT molecular complexity index is 332. The third kappa shape index (κ3) is 3.80. The molecule has 0 heterocycles. The van der Waals surface area contributed by atoms with Gasteiger partial charge in [-0.3, -0.25) is 4.57 Å². The van der Waals surface area contributed by atoms with Gasteiger partial charge in [0.2, 0.25) is 7.37 Å². The zero-order chi connectivity index (χ0) is 10.4. The molecular formula is C11H15O2P. The van der Waals surface area contributed by atoms with E-state index in [1.54, 1.807) is 12.7 Å². The molecule has 1 aromatic carbocycles. The van der Waals surface area contributed by atoms with E-state index in [1.807, 2.05) is 30.3 Å². The van der Waals surface area contributed by atoms with Crippen molar-refractivity contribution in [2.75, 3.05) is 12.8 Å². The van der Waals surface area contributed by atoms with Crippen LogP contribution in [0.2, 0.25) is 0 Å². The van der Waals surface area contributed by atoms with Crippen LogP contribution in [0, 0.1) is 0 Å². The molecule has 3 heteroatoms. The van der Waals surface area contributed by atoms with Gasteiger partial charge >= 0.3 is 0 Å². The Morgan fingerprint density at radius 3 is 2.64 bits per heavy atom. The molecule has 76 valence electrons. The van der Waals surface area contributed by atoms with Crippen LogP contribution in [0.1, 0.15) is 6.42 Å². The van der Waals surface area contributed by atoms with Gasteiger partial charge in [0.25, 0.3) is 0 Å². The second-order valence-electron chi connectivity index (χ2n) is 3.22. The summed E-state index contributed by atoms with van der Waals surface area (Å²) in [5.41, 5.74) is 0. The highest BCUT2D eigenvalue weighted by molar-refractivity contribution is 7.58. The van der Waals surface area contributed by atoms with E-state index in [0.717, 1.165) is 6.42 Å². The standard InChI is InChI=1S/C11H15O2P/c1-3-4-10-14(2,12)13-11-8-6-5-7-9-11/h3,5-9H,1,4,10H2,2H3. The predicted molar refractivity (Wildman–Crippen MR) is 60.3 cm³/mol. The van der Waals surface area contributed by atoms with E-state index in [0.29, 0.717) is 11.9 Å². The molecule has 0 radical (unpaired) electrons. The molecule has 14 heavy (non-hydrogen) atoms. The highest BCUT2D eigenvalue weighted by Crippen LogP contribution is 2.43. The van der Waals surface area contributed by atoms with Crippen LogP contribution in [0.4, 0.5) is 0 Å². The first-order valence-corrected chi connectivity index (χ1v) is 6.82. The predicted octanol–water partition coefficient (Wildman–Crippen LogP) is 3.55. The first-order valence-electron chi connectivity index (χ1n) is 4.56. The van der Waals surface area contributed by atoms with Crippen LogP contribution < -0.4 is 4.52 Å². The van der Waals surface area contributed by atoms with E-state index < -0.39 is 7.37 Å². The van der Waals surface area contributed by atoms with Crippen LogP contribution in [0.15, 0.2) is 43.0 Å². The molecule has 0 aliphatic rings. The summed E-state index contributed by atoms with van der Waals surface area (Å²) in [7, 11) is -2.50. The molecule has 1 atom stereocenters. The molecule has 0 amide bonds. The molecule has 0 bridgehead atoms. The molecule has 0 saturated heterocycles. The molecule has 0 spiro atoms. The lowest BCUT2D eigenvalue weighted by Crippen LogP contribution is -1.95. The Balaban J connectivity index is 2.59. The Morgan fingerprint density at radius 1 is 1.43 bits per heavy atom. The van der Waals surface area contributed by atoms with E-state index in [9.17, 15) is 4.57 Å². The van der Waals surface area contributed by atoms with Crippen molar-refractivity contribution in [1.29, 1.82) is 0 Å². The zero-order valence-corrected chi connectivity index (χ0v) is 9.24. The van der Waals surface area contributed by atoms with Gasteiger partial charge < -0.3 is 4.52 Å². The zero-order valence-electron chi connectivity index (χ0n) is 8.35. The van der Waals surface area contributed by atoms with E-state index in [4.69, 9.17) is 4.52 Å². The molecule has 2 nitrogen and oxygen atoms in total. The molecule has 1 aromatic rings. The molecule has 1 rings (SSSR count). The maximum Gasteiger partial charge on any atom is 0.245 e. The lowest BCUT2D eigenvalue weighted by molar-refractivity contribution is 0.487. The number of rotatable bonds is 5. The van der Waals surface area contributed by atoms with Crippen molar-refractivity contribution in [3.05, 3.63) is 43.0 Å². The summed E-state index contributed by atoms with van der Waals surface area (Å²) < 4.78 is 17.3. The van der Waals surface area contributed by atoms with Gasteiger partial charge in [-0.1, -0.05) is 24.3 Å². The third-order valence-corrected chi connectivity index (χ3v) is 3.45. The van der Waals surface area contributed by atoms with Gasteiger partial charge in [0.05, 0.1) is 0 Å². The summed E-state index contributed by atoms with van der Waals surface area (Å²) >= 11 is 0. The van der Waals surface area contributed by atoms with Crippen molar-refractivity contribution in [3.8, 4) is 5.75 Å². The number of allylic oxidation sites excluding steroid dienone is 1. The molecule has 0 aliphatic heterocycles. The van der Waals surface area contributed by atoms with E-state index in [2.05, 4.69) is 6.58 Å². The second-order valence-corrected chi connectivity index (χ2v) is 5.88. The van der Waals surface area contributed by atoms with Gasteiger partial charge in [-0.25, -0.2) is 0 Å². The van der Waals surface area contributed by atoms with E-state index >= 15 is 0 Å². The van der Waals surface area contributed by atoms with Crippen molar-refractivity contribution in [1.82, 2.24) is 0 Å². The minimum absolute atomic E-state index is 0.547. The monoisotopic (exact) mass is 210 g/mol. The smallest absolute Gasteiger partial charge is 0.245 e. The summed E-state index contributed by atoms with van der Waals surface area (Å²) in [5, 5.41) is 0. The first-order chi connectivity index (χ1) is 6.64. The number of hydrogen-bond acceptors (Lipinski definition) is 2. The average molecular weight is 210 g/mol. The molecule has 1 unspecified atom stereocenters. The number of benzene rings is 1. The van der Waals surface area contributed by atoms with Crippen LogP contribution in [-0.2, 0) is 4.57 Å². The molecular weight excluding hydrogens is 195 g/mol. The minimum atomic E-state index is -2.50. The first kappa shape index (κ1) is 11.1. The number of hydrogen-bond donors (Lipinski definition) is 0. The fourth-order valence-corrected chi connectivity index (χ4v) is 2.39. The van der Waals surface area contributed by atoms with Crippen LogP contribution >= 0.6 is 7.37 Å². The maximum atomic E-state index is 11.9. The molecule has 0 N–H and O–H groups in total. The maximum absolute atomic E-state index is 11.9. The molecule has 0 aliphatic carbocycles. The highest BCUT2D eigenvalue weighted by Gasteiger charge is 2.15. The van der Waals surface area contributed by atoms with Crippen molar-refractivity contribution in [3.63, 3.8) is 0 Å². The van der Waals surface area contributed by atoms with Crippen LogP contribution in [0.25, 0.3) is 0 Å². The van der Waals surface area contributed by atoms with Gasteiger partial charge in [-0.15, -0.1) is 6.58 Å². The SMILES string of the molecule is C=CCCP(C)(=O)Oc1ccccc1. The third-order valence-electron chi connectivity index (χ3n) is 1.78. The second kappa shape index (κ2) is 5.02. The van der Waals surface area contributed by atoms with Crippen molar-refractivity contribution < 1.29 is 9.09 Å². The molecule has 0 saturated carbocycles.